The lowest BCUT2D eigenvalue weighted by molar-refractivity contribution is -0.120. The van der Waals surface area contributed by atoms with Gasteiger partial charge in [0, 0.05) is 49.9 Å². The Morgan fingerprint density at radius 1 is 1.24 bits per heavy atom. The molecular formula is C18H24N4O2S. The number of hydrogen-bond acceptors (Lipinski definition) is 6. The molecule has 0 atom stereocenters. The molecule has 25 heavy (non-hydrogen) atoms. The van der Waals surface area contributed by atoms with E-state index in [4.69, 9.17) is 4.74 Å². The maximum Gasteiger partial charge on any atom is 0.226 e. The molecule has 3 rings (SSSR count). The van der Waals surface area contributed by atoms with Crippen LogP contribution in [0, 0.1) is 0 Å². The molecule has 6 nitrogen and oxygen atoms in total. The minimum Gasteiger partial charge on any atom is -0.379 e. The highest BCUT2D eigenvalue weighted by Crippen LogP contribution is 2.13. The number of aryl methyl sites for hydroxylation is 2. The molecule has 2 aromatic rings. The minimum absolute atomic E-state index is 0.0369. The number of carbonyl (C=O) groups is 1. The second-order valence-electron chi connectivity index (χ2n) is 6.03. The van der Waals surface area contributed by atoms with Gasteiger partial charge in [0.2, 0.25) is 5.91 Å². The lowest BCUT2D eigenvalue weighted by Crippen LogP contribution is -2.41. The molecular weight excluding hydrogens is 336 g/mol. The number of ether oxygens (including phenoxy) is 1. The number of nitrogens with one attached hydrogen (secondary N) is 1. The monoisotopic (exact) mass is 360 g/mol. The molecule has 1 fully saturated rings. The summed E-state index contributed by atoms with van der Waals surface area (Å²) < 4.78 is 5.32. The Balaban J connectivity index is 1.36. The van der Waals surface area contributed by atoms with Gasteiger partial charge in [0.15, 0.2) is 0 Å². The van der Waals surface area contributed by atoms with E-state index in [2.05, 4.69) is 20.2 Å². The van der Waals surface area contributed by atoms with Gasteiger partial charge in [0.25, 0.3) is 0 Å². The summed E-state index contributed by atoms with van der Waals surface area (Å²) in [6.07, 6.45) is 3.90. The highest BCUT2D eigenvalue weighted by molar-refractivity contribution is 7.09. The zero-order chi connectivity index (χ0) is 17.3. The number of aromatic nitrogens is 2. The van der Waals surface area contributed by atoms with Crippen LogP contribution in [0.4, 0.5) is 0 Å². The minimum atomic E-state index is 0.0369. The Morgan fingerprint density at radius 2 is 2.12 bits per heavy atom. The van der Waals surface area contributed by atoms with Gasteiger partial charge in [-0.1, -0.05) is 6.07 Å². The third kappa shape index (κ3) is 6.19. The van der Waals surface area contributed by atoms with Gasteiger partial charge in [-0.05, 0) is 18.6 Å². The average molecular weight is 360 g/mol. The topological polar surface area (TPSA) is 67.4 Å². The molecule has 1 N–H and O–H groups in total. The van der Waals surface area contributed by atoms with Gasteiger partial charge in [0.1, 0.15) is 0 Å². The largest absolute Gasteiger partial charge is 0.379 e. The molecule has 3 heterocycles. The molecule has 134 valence electrons. The molecule has 7 heteroatoms. The van der Waals surface area contributed by atoms with Gasteiger partial charge >= 0.3 is 0 Å². The van der Waals surface area contributed by atoms with Gasteiger partial charge < -0.3 is 10.1 Å². The summed E-state index contributed by atoms with van der Waals surface area (Å²) >= 11 is 1.62. The second kappa shape index (κ2) is 9.60. The summed E-state index contributed by atoms with van der Waals surface area (Å²) in [5.74, 6) is 0.0369. The van der Waals surface area contributed by atoms with E-state index in [0.717, 1.165) is 62.1 Å². The van der Waals surface area contributed by atoms with Crippen molar-refractivity contribution in [2.24, 2.45) is 0 Å². The lowest BCUT2D eigenvalue weighted by Gasteiger charge is -2.26. The van der Waals surface area contributed by atoms with Crippen LogP contribution in [-0.4, -0.2) is 60.2 Å². The van der Waals surface area contributed by atoms with Gasteiger partial charge in [-0.3, -0.25) is 14.7 Å². The zero-order valence-corrected chi connectivity index (χ0v) is 15.1. The van der Waals surface area contributed by atoms with Crippen LogP contribution in [0.15, 0.2) is 29.8 Å². The highest BCUT2D eigenvalue weighted by atomic mass is 32.1. The van der Waals surface area contributed by atoms with Crippen molar-refractivity contribution in [1.82, 2.24) is 20.2 Å². The summed E-state index contributed by atoms with van der Waals surface area (Å²) in [7, 11) is 0. The predicted molar refractivity (Wildman–Crippen MR) is 97.7 cm³/mol. The first-order valence-electron chi connectivity index (χ1n) is 8.69. The second-order valence-corrected chi connectivity index (χ2v) is 6.98. The van der Waals surface area contributed by atoms with Crippen LogP contribution in [0.3, 0.4) is 0 Å². The van der Waals surface area contributed by atoms with E-state index in [9.17, 15) is 4.79 Å². The van der Waals surface area contributed by atoms with Crippen molar-refractivity contribution in [1.29, 1.82) is 0 Å². The highest BCUT2D eigenvalue weighted by Gasteiger charge is 2.11. The standard InChI is InChI=1S/C18H24N4O2S/c23-17(20-7-8-22-9-11-24-12-10-22)13-16-14-25-18(21-16)5-4-15-3-1-2-6-19-15/h1-3,6,14H,4-5,7-13H2,(H,20,23). The van der Waals surface area contributed by atoms with Crippen molar-refractivity contribution in [3.8, 4) is 0 Å². The SMILES string of the molecule is O=C(Cc1csc(CCc2ccccn2)n1)NCCN1CCOCC1. The van der Waals surface area contributed by atoms with Crippen molar-refractivity contribution >= 4 is 17.2 Å². The van der Waals surface area contributed by atoms with E-state index < -0.39 is 0 Å². The van der Waals surface area contributed by atoms with E-state index in [-0.39, 0.29) is 5.91 Å². The Bertz CT molecular complexity index is 656. The molecule has 0 unspecified atom stereocenters. The van der Waals surface area contributed by atoms with Crippen molar-refractivity contribution < 1.29 is 9.53 Å². The number of rotatable bonds is 8. The smallest absolute Gasteiger partial charge is 0.226 e. The van der Waals surface area contributed by atoms with E-state index in [0.29, 0.717) is 13.0 Å². The van der Waals surface area contributed by atoms with E-state index in [1.54, 1.807) is 11.3 Å². The molecule has 1 saturated heterocycles. The van der Waals surface area contributed by atoms with Crippen molar-refractivity contribution in [2.45, 2.75) is 19.3 Å². The molecule has 0 radical (unpaired) electrons. The van der Waals surface area contributed by atoms with Crippen LogP contribution in [0.25, 0.3) is 0 Å². The van der Waals surface area contributed by atoms with Gasteiger partial charge in [-0.2, -0.15) is 0 Å². The Labute approximate surface area is 152 Å². The van der Waals surface area contributed by atoms with E-state index in [1.165, 1.54) is 0 Å². The normalized spacial score (nSPS) is 15.2. The van der Waals surface area contributed by atoms with Crippen LogP contribution in [-0.2, 0) is 28.8 Å². The number of morpholine rings is 1. The molecule has 0 saturated carbocycles. The number of amides is 1. The number of thiazole rings is 1. The number of carbonyl (C=O) groups excluding carboxylic acids is 1. The van der Waals surface area contributed by atoms with Crippen molar-refractivity contribution in [3.05, 3.63) is 46.2 Å². The Kier molecular flexibility index (Phi) is 6.90. The van der Waals surface area contributed by atoms with Crippen LogP contribution >= 0.6 is 11.3 Å². The van der Waals surface area contributed by atoms with Gasteiger partial charge in [-0.15, -0.1) is 11.3 Å². The first-order valence-corrected chi connectivity index (χ1v) is 9.57. The fourth-order valence-corrected chi connectivity index (χ4v) is 3.53. The van der Waals surface area contributed by atoms with Crippen LogP contribution in [0.2, 0.25) is 0 Å². The summed E-state index contributed by atoms with van der Waals surface area (Å²) in [5.41, 5.74) is 1.92. The molecule has 2 aromatic heterocycles. The Hall–Kier alpha value is -1.83. The predicted octanol–water partition coefficient (Wildman–Crippen LogP) is 1.31. The van der Waals surface area contributed by atoms with E-state index >= 15 is 0 Å². The van der Waals surface area contributed by atoms with Crippen LogP contribution in [0.5, 0.6) is 0 Å². The summed E-state index contributed by atoms with van der Waals surface area (Å²) in [4.78, 5) is 23.2. The van der Waals surface area contributed by atoms with Crippen molar-refractivity contribution in [3.63, 3.8) is 0 Å². The Morgan fingerprint density at radius 3 is 2.92 bits per heavy atom. The third-order valence-corrected chi connectivity index (χ3v) is 5.07. The molecule has 0 aliphatic carbocycles. The molecule has 1 amide bonds. The zero-order valence-electron chi connectivity index (χ0n) is 14.3. The molecule has 0 spiro atoms. The fraction of sp³-hybridized carbons (Fsp3) is 0.500. The number of pyridine rings is 1. The first-order chi connectivity index (χ1) is 12.3. The molecule has 1 aliphatic rings. The average Bonchev–Trinajstić information content (AvgIpc) is 3.09. The van der Waals surface area contributed by atoms with Crippen molar-refractivity contribution in [2.75, 3.05) is 39.4 Å². The molecule has 1 aliphatic heterocycles. The fourth-order valence-electron chi connectivity index (χ4n) is 2.73. The summed E-state index contributed by atoms with van der Waals surface area (Å²) in [6.45, 7) is 5.02. The molecule has 0 aromatic carbocycles. The van der Waals surface area contributed by atoms with Gasteiger partial charge in [0.05, 0.1) is 30.3 Å². The summed E-state index contributed by atoms with van der Waals surface area (Å²) in [6, 6.07) is 5.94. The lowest BCUT2D eigenvalue weighted by atomic mass is 10.2. The van der Waals surface area contributed by atoms with Crippen LogP contribution in [0.1, 0.15) is 16.4 Å². The first kappa shape index (κ1) is 18.0. The van der Waals surface area contributed by atoms with E-state index in [1.807, 2.05) is 29.8 Å². The number of nitrogens with zero attached hydrogens (tertiary/aromatic N) is 3. The maximum absolute atomic E-state index is 12.0. The molecule has 0 bridgehead atoms. The number of hydrogen-bond donors (Lipinski definition) is 1. The third-order valence-electron chi connectivity index (χ3n) is 4.12. The maximum atomic E-state index is 12.0. The van der Waals surface area contributed by atoms with Gasteiger partial charge in [-0.25, -0.2) is 4.98 Å². The summed E-state index contributed by atoms with van der Waals surface area (Å²) in [5, 5.41) is 6.02. The quantitative estimate of drug-likeness (QED) is 0.769. The van der Waals surface area contributed by atoms with Crippen LogP contribution < -0.4 is 5.32 Å².